The maximum atomic E-state index is 12.0. The highest BCUT2D eigenvalue weighted by atomic mass is 35.5. The molecule has 1 aliphatic rings. The zero-order chi connectivity index (χ0) is 19.4. The van der Waals surface area contributed by atoms with Crippen molar-refractivity contribution in [1.29, 1.82) is 0 Å². The van der Waals surface area contributed by atoms with Crippen molar-refractivity contribution in [1.82, 2.24) is 0 Å². The van der Waals surface area contributed by atoms with Gasteiger partial charge in [-0.25, -0.2) is 9.79 Å². The van der Waals surface area contributed by atoms with Gasteiger partial charge in [-0.3, -0.25) is 10.1 Å². The summed E-state index contributed by atoms with van der Waals surface area (Å²) in [6, 6.07) is 11.5. The zero-order valence-corrected chi connectivity index (χ0v) is 14.8. The van der Waals surface area contributed by atoms with Crippen LogP contribution in [-0.4, -0.2) is 23.9 Å². The molecule has 0 spiro atoms. The summed E-state index contributed by atoms with van der Waals surface area (Å²) < 4.78 is 10.3. The standard InChI is InChI=1S/C19H13ClN2O5/c1-26-17-8-3-2-5-12(17)6-4-7-15-19(23)27-18(21-15)13-9-10-14(20)16(11-13)22(24)25/h2-11H,1H3/b6-4+,15-7-. The third-order valence-corrected chi connectivity index (χ3v) is 4.00. The van der Waals surface area contributed by atoms with E-state index in [1.54, 1.807) is 19.3 Å². The molecule has 0 fully saturated rings. The van der Waals surface area contributed by atoms with Gasteiger partial charge in [-0.1, -0.05) is 42.0 Å². The van der Waals surface area contributed by atoms with E-state index in [9.17, 15) is 14.9 Å². The largest absolute Gasteiger partial charge is 0.496 e. The highest BCUT2D eigenvalue weighted by Crippen LogP contribution is 2.27. The van der Waals surface area contributed by atoms with E-state index in [-0.39, 0.29) is 27.9 Å². The number of nitrogens with zero attached hydrogens (tertiary/aromatic N) is 2. The molecule has 2 aromatic carbocycles. The molecule has 0 saturated heterocycles. The molecule has 1 aliphatic heterocycles. The number of carbonyl (C=O) groups is 1. The minimum atomic E-state index is -0.646. The van der Waals surface area contributed by atoms with E-state index in [2.05, 4.69) is 4.99 Å². The number of ether oxygens (including phenoxy) is 2. The number of hydrogen-bond donors (Lipinski definition) is 0. The molecule has 0 radical (unpaired) electrons. The SMILES string of the molecule is COc1ccccc1/C=C/C=C1\N=C(c2ccc(Cl)c([N+](=O)[O-])c2)OC1=O. The van der Waals surface area contributed by atoms with Gasteiger partial charge in [0, 0.05) is 17.2 Å². The predicted molar refractivity (Wildman–Crippen MR) is 101 cm³/mol. The van der Waals surface area contributed by atoms with E-state index in [1.807, 2.05) is 24.3 Å². The molecule has 2 aromatic rings. The number of methoxy groups -OCH3 is 1. The Morgan fingerprint density at radius 1 is 1.26 bits per heavy atom. The molecule has 0 saturated carbocycles. The molecule has 27 heavy (non-hydrogen) atoms. The molecular formula is C19H13ClN2O5. The van der Waals surface area contributed by atoms with E-state index in [1.165, 1.54) is 24.3 Å². The molecule has 0 aliphatic carbocycles. The van der Waals surface area contributed by atoms with Crippen molar-refractivity contribution in [3.05, 3.63) is 86.6 Å². The van der Waals surface area contributed by atoms with Gasteiger partial charge >= 0.3 is 5.97 Å². The zero-order valence-electron chi connectivity index (χ0n) is 14.1. The number of cyclic esters (lactones) is 1. The van der Waals surface area contributed by atoms with Crippen LogP contribution in [0.15, 0.2) is 65.3 Å². The molecule has 0 amide bonds. The first-order valence-corrected chi connectivity index (χ1v) is 8.14. The number of benzene rings is 2. The average Bonchev–Trinajstić information content (AvgIpc) is 3.03. The van der Waals surface area contributed by atoms with Crippen molar-refractivity contribution in [2.24, 2.45) is 4.99 Å². The summed E-state index contributed by atoms with van der Waals surface area (Å²) in [5.41, 5.74) is 0.910. The van der Waals surface area contributed by atoms with Crippen LogP contribution < -0.4 is 4.74 Å². The summed E-state index contributed by atoms with van der Waals surface area (Å²) in [6.45, 7) is 0. The first kappa shape index (κ1) is 18.3. The number of nitro groups is 1. The van der Waals surface area contributed by atoms with Crippen molar-refractivity contribution < 1.29 is 19.2 Å². The van der Waals surface area contributed by atoms with Gasteiger partial charge in [0.25, 0.3) is 5.69 Å². The fourth-order valence-electron chi connectivity index (χ4n) is 2.38. The fourth-order valence-corrected chi connectivity index (χ4v) is 2.57. The summed E-state index contributed by atoms with van der Waals surface area (Å²) in [7, 11) is 1.57. The topological polar surface area (TPSA) is 91.0 Å². The highest BCUT2D eigenvalue weighted by Gasteiger charge is 2.25. The van der Waals surface area contributed by atoms with Crippen LogP contribution in [0.25, 0.3) is 6.08 Å². The summed E-state index contributed by atoms with van der Waals surface area (Å²) in [5.74, 6) is 0.0304. The van der Waals surface area contributed by atoms with Crippen molar-refractivity contribution in [3.63, 3.8) is 0 Å². The van der Waals surface area contributed by atoms with Gasteiger partial charge in [-0.15, -0.1) is 0 Å². The summed E-state index contributed by atoms with van der Waals surface area (Å²) in [4.78, 5) is 26.5. The first-order valence-electron chi connectivity index (χ1n) is 7.76. The maximum Gasteiger partial charge on any atom is 0.363 e. The molecular weight excluding hydrogens is 372 g/mol. The normalized spacial score (nSPS) is 15.1. The summed E-state index contributed by atoms with van der Waals surface area (Å²) in [6.07, 6.45) is 4.90. The lowest BCUT2D eigenvalue weighted by molar-refractivity contribution is -0.384. The van der Waals surface area contributed by atoms with Crippen LogP contribution >= 0.6 is 11.6 Å². The fraction of sp³-hybridized carbons (Fsp3) is 0.0526. The number of halogens is 1. The van der Waals surface area contributed by atoms with E-state index < -0.39 is 10.9 Å². The monoisotopic (exact) mass is 384 g/mol. The van der Waals surface area contributed by atoms with Crippen LogP contribution in [0.2, 0.25) is 5.02 Å². The molecule has 0 aromatic heterocycles. The molecule has 0 atom stereocenters. The van der Waals surface area contributed by atoms with Gasteiger partial charge in [-0.05, 0) is 24.3 Å². The first-order chi connectivity index (χ1) is 13.0. The Morgan fingerprint density at radius 2 is 2.04 bits per heavy atom. The molecule has 136 valence electrons. The molecule has 3 rings (SSSR count). The minimum absolute atomic E-state index is 0.0100. The number of para-hydroxylation sites is 1. The van der Waals surface area contributed by atoms with Crippen molar-refractivity contribution in [2.45, 2.75) is 0 Å². The van der Waals surface area contributed by atoms with Crippen LogP contribution in [-0.2, 0) is 9.53 Å². The van der Waals surface area contributed by atoms with Gasteiger partial charge in [0.2, 0.25) is 5.90 Å². The van der Waals surface area contributed by atoms with Crippen LogP contribution in [0, 0.1) is 10.1 Å². The molecule has 8 heteroatoms. The second-order valence-electron chi connectivity index (χ2n) is 5.38. The van der Waals surface area contributed by atoms with Crippen molar-refractivity contribution in [2.75, 3.05) is 7.11 Å². The lowest BCUT2D eigenvalue weighted by Crippen LogP contribution is -2.06. The Bertz CT molecular complexity index is 1010. The molecule has 0 bridgehead atoms. The Balaban J connectivity index is 1.86. The number of allylic oxidation sites excluding steroid dienone is 2. The van der Waals surface area contributed by atoms with Crippen LogP contribution in [0.4, 0.5) is 5.69 Å². The van der Waals surface area contributed by atoms with E-state index >= 15 is 0 Å². The van der Waals surface area contributed by atoms with Gasteiger partial charge in [0.1, 0.15) is 10.8 Å². The van der Waals surface area contributed by atoms with Gasteiger partial charge in [0.05, 0.1) is 12.0 Å². The number of esters is 1. The molecule has 0 N–H and O–H groups in total. The summed E-state index contributed by atoms with van der Waals surface area (Å²) >= 11 is 5.79. The molecule has 1 heterocycles. The second kappa shape index (κ2) is 7.84. The Kier molecular flexibility index (Phi) is 5.33. The van der Waals surface area contributed by atoms with Gasteiger partial charge < -0.3 is 9.47 Å². The number of carbonyl (C=O) groups excluding carboxylic acids is 1. The summed E-state index contributed by atoms with van der Waals surface area (Å²) in [5, 5.41) is 11.0. The Morgan fingerprint density at radius 3 is 2.78 bits per heavy atom. The van der Waals surface area contributed by atoms with Crippen LogP contribution in [0.3, 0.4) is 0 Å². The third-order valence-electron chi connectivity index (χ3n) is 3.68. The smallest absolute Gasteiger partial charge is 0.363 e. The third kappa shape index (κ3) is 4.04. The van der Waals surface area contributed by atoms with E-state index in [0.29, 0.717) is 5.75 Å². The van der Waals surface area contributed by atoms with Crippen molar-refractivity contribution in [3.8, 4) is 5.75 Å². The number of nitro benzene ring substituents is 1. The number of aliphatic imine (C=N–C) groups is 1. The molecule has 0 unspecified atom stereocenters. The maximum absolute atomic E-state index is 12.0. The Hall–Kier alpha value is -3.45. The van der Waals surface area contributed by atoms with Gasteiger partial charge in [0.15, 0.2) is 5.70 Å². The molecule has 7 nitrogen and oxygen atoms in total. The number of hydrogen-bond acceptors (Lipinski definition) is 6. The average molecular weight is 385 g/mol. The lowest BCUT2D eigenvalue weighted by atomic mass is 10.2. The van der Waals surface area contributed by atoms with E-state index in [0.717, 1.165) is 5.56 Å². The van der Waals surface area contributed by atoms with E-state index in [4.69, 9.17) is 21.1 Å². The van der Waals surface area contributed by atoms with Crippen LogP contribution in [0.5, 0.6) is 5.75 Å². The predicted octanol–water partition coefficient (Wildman–Crippen LogP) is 4.16. The van der Waals surface area contributed by atoms with Crippen LogP contribution in [0.1, 0.15) is 11.1 Å². The van der Waals surface area contributed by atoms with Gasteiger partial charge in [-0.2, -0.15) is 0 Å². The van der Waals surface area contributed by atoms with Crippen molar-refractivity contribution >= 4 is 35.2 Å². The second-order valence-corrected chi connectivity index (χ2v) is 5.79. The lowest BCUT2D eigenvalue weighted by Gasteiger charge is -2.02. The highest BCUT2D eigenvalue weighted by molar-refractivity contribution is 6.32. The quantitative estimate of drug-likeness (QED) is 0.334. The minimum Gasteiger partial charge on any atom is -0.496 e. The Labute approximate surface area is 159 Å². The number of rotatable bonds is 5.